The van der Waals surface area contributed by atoms with Crippen LogP contribution in [0.4, 0.5) is 0 Å². The largest absolute Gasteiger partial charge is 0.294 e. The van der Waals surface area contributed by atoms with Crippen molar-refractivity contribution in [2.24, 2.45) is 0 Å². The van der Waals surface area contributed by atoms with Crippen LogP contribution in [0.2, 0.25) is 0 Å². The van der Waals surface area contributed by atoms with Crippen molar-refractivity contribution >= 4 is 75.0 Å². The maximum absolute atomic E-state index is 14.0. The first-order valence-electron chi connectivity index (χ1n) is 16.6. The number of benzene rings is 8. The Morgan fingerprint density at radius 3 is 1.31 bits per heavy atom. The van der Waals surface area contributed by atoms with E-state index in [9.17, 15) is 4.79 Å². The maximum atomic E-state index is 14.0. The van der Waals surface area contributed by atoms with Gasteiger partial charge in [0.25, 0.3) is 0 Å². The molecule has 0 aliphatic carbocycles. The fraction of sp³-hybridized carbons (Fsp3) is 0.0217. The van der Waals surface area contributed by atoms with E-state index in [2.05, 4.69) is 188 Å². The lowest BCUT2D eigenvalue weighted by atomic mass is 9.91. The number of rotatable bonds is 8. The molecular formula is C46H34OP2. The number of Topliss-reactive ketones (excluding diaryl/α,β-unsaturated/α-hetero) is 1. The zero-order valence-corrected chi connectivity index (χ0v) is 29.0. The van der Waals surface area contributed by atoms with Crippen molar-refractivity contribution in [2.75, 3.05) is 0 Å². The Morgan fingerprint density at radius 2 is 0.816 bits per heavy atom. The monoisotopic (exact) mass is 664 g/mol. The summed E-state index contributed by atoms with van der Waals surface area (Å²) in [6.07, 6.45) is 0. The predicted molar refractivity (Wildman–Crippen MR) is 214 cm³/mol. The molecule has 3 heteroatoms. The second kappa shape index (κ2) is 13.7. The summed E-state index contributed by atoms with van der Waals surface area (Å²) in [5, 5.41) is 12.1. The molecule has 0 aliphatic heterocycles. The average molecular weight is 665 g/mol. The van der Waals surface area contributed by atoms with Gasteiger partial charge in [0.1, 0.15) is 0 Å². The van der Waals surface area contributed by atoms with Gasteiger partial charge in [0.2, 0.25) is 0 Å². The Labute approximate surface area is 290 Å². The van der Waals surface area contributed by atoms with Crippen LogP contribution < -0.4 is 31.8 Å². The summed E-state index contributed by atoms with van der Waals surface area (Å²) in [5.41, 5.74) is 3.16. The van der Waals surface area contributed by atoms with Gasteiger partial charge in [0.05, 0.1) is 0 Å². The first-order valence-corrected chi connectivity index (χ1v) is 19.3. The predicted octanol–water partition coefficient (Wildman–Crippen LogP) is 9.38. The van der Waals surface area contributed by atoms with Crippen molar-refractivity contribution in [1.29, 1.82) is 0 Å². The minimum absolute atomic E-state index is 0.0801. The van der Waals surface area contributed by atoms with E-state index in [4.69, 9.17) is 0 Å². The summed E-state index contributed by atoms with van der Waals surface area (Å²) in [7, 11) is -2.09. The molecular weight excluding hydrogens is 630 g/mol. The van der Waals surface area contributed by atoms with E-state index in [0.717, 1.165) is 27.2 Å². The molecule has 0 saturated heterocycles. The van der Waals surface area contributed by atoms with E-state index < -0.39 is 15.8 Å². The van der Waals surface area contributed by atoms with Gasteiger partial charge in [-0.05, 0) is 88.0 Å². The Bertz CT molecular complexity index is 2330. The van der Waals surface area contributed by atoms with Crippen molar-refractivity contribution < 1.29 is 4.79 Å². The highest BCUT2D eigenvalue weighted by Gasteiger charge is 2.31. The summed E-state index contributed by atoms with van der Waals surface area (Å²) < 4.78 is 0. The number of hydrogen-bond donors (Lipinski definition) is 0. The number of ketones is 1. The smallest absolute Gasteiger partial charge is 0.160 e. The molecule has 8 rings (SSSR count). The molecule has 0 spiro atoms. The minimum Gasteiger partial charge on any atom is -0.294 e. The standard InChI is InChI=1S/C46H34OP2/c1-33(47)42-32-35-19-15-17-29-41(35)45(46(42)49(38-24-10-4-11-25-38)39-26-12-5-13-27-39)44-40-28-16-14-18-34(40)30-31-43(44)48(36-20-6-2-7-21-36)37-22-8-3-9-23-37/h2-32H,1H3. The Hall–Kier alpha value is -5.19. The summed E-state index contributed by atoms with van der Waals surface area (Å²) in [4.78, 5) is 14.0. The molecule has 0 amide bonds. The number of hydrogen-bond acceptors (Lipinski definition) is 1. The molecule has 49 heavy (non-hydrogen) atoms. The van der Waals surface area contributed by atoms with Crippen LogP contribution in [-0.2, 0) is 0 Å². The van der Waals surface area contributed by atoms with E-state index in [0.29, 0.717) is 0 Å². The Morgan fingerprint density at radius 1 is 0.408 bits per heavy atom. The fourth-order valence-corrected chi connectivity index (χ4v) is 12.1. The topological polar surface area (TPSA) is 17.1 Å². The van der Waals surface area contributed by atoms with Gasteiger partial charge < -0.3 is 0 Å². The zero-order chi connectivity index (χ0) is 33.2. The summed E-state index contributed by atoms with van der Waals surface area (Å²) in [5.74, 6) is 0.0801. The van der Waals surface area contributed by atoms with Crippen molar-refractivity contribution in [3.05, 3.63) is 194 Å². The average Bonchev–Trinajstić information content (AvgIpc) is 3.16. The van der Waals surface area contributed by atoms with Gasteiger partial charge >= 0.3 is 0 Å². The minimum atomic E-state index is -1.13. The van der Waals surface area contributed by atoms with Crippen LogP contribution in [0.1, 0.15) is 17.3 Å². The van der Waals surface area contributed by atoms with E-state index in [1.807, 2.05) is 0 Å². The van der Waals surface area contributed by atoms with Crippen molar-refractivity contribution in [3.8, 4) is 11.1 Å². The normalized spacial score (nSPS) is 11.4. The second-order valence-electron chi connectivity index (χ2n) is 12.1. The van der Waals surface area contributed by atoms with Crippen LogP contribution in [-0.4, -0.2) is 5.78 Å². The molecule has 0 saturated carbocycles. The highest BCUT2D eigenvalue weighted by molar-refractivity contribution is 7.81. The SMILES string of the molecule is CC(=O)c1cc2ccccc2c(-c2c(P(c3ccccc3)c3ccccc3)ccc3ccccc23)c1P(c1ccccc1)c1ccccc1. The molecule has 234 valence electrons. The Balaban J connectivity index is 1.59. The van der Waals surface area contributed by atoms with Gasteiger partial charge in [-0.25, -0.2) is 0 Å². The van der Waals surface area contributed by atoms with Gasteiger partial charge in [-0.1, -0.05) is 182 Å². The lowest BCUT2D eigenvalue weighted by molar-refractivity contribution is 0.101. The van der Waals surface area contributed by atoms with Gasteiger partial charge in [-0.2, -0.15) is 0 Å². The molecule has 0 fully saturated rings. The molecule has 0 aromatic heterocycles. The van der Waals surface area contributed by atoms with Crippen LogP contribution in [0.25, 0.3) is 32.7 Å². The third-order valence-corrected chi connectivity index (χ3v) is 14.1. The molecule has 0 heterocycles. The van der Waals surface area contributed by atoms with Crippen LogP contribution in [0, 0.1) is 0 Å². The van der Waals surface area contributed by atoms with E-state index >= 15 is 0 Å². The number of carbonyl (C=O) groups is 1. The van der Waals surface area contributed by atoms with E-state index in [-0.39, 0.29) is 5.78 Å². The van der Waals surface area contributed by atoms with E-state index in [1.54, 1.807) is 6.92 Å². The fourth-order valence-electron chi connectivity index (χ4n) is 6.94. The third-order valence-electron chi connectivity index (χ3n) is 9.08. The summed E-state index contributed by atoms with van der Waals surface area (Å²) in [6.45, 7) is 1.73. The maximum Gasteiger partial charge on any atom is 0.160 e. The van der Waals surface area contributed by atoms with Crippen molar-refractivity contribution in [2.45, 2.75) is 6.92 Å². The summed E-state index contributed by atoms with van der Waals surface area (Å²) in [6, 6.07) is 67.5. The quantitative estimate of drug-likeness (QED) is 0.117. The van der Waals surface area contributed by atoms with Crippen molar-refractivity contribution in [3.63, 3.8) is 0 Å². The van der Waals surface area contributed by atoms with Crippen molar-refractivity contribution in [1.82, 2.24) is 0 Å². The molecule has 0 atom stereocenters. The molecule has 0 bridgehead atoms. The molecule has 0 radical (unpaired) electrons. The first kappa shape index (κ1) is 31.1. The van der Waals surface area contributed by atoms with Gasteiger partial charge in [-0.15, -0.1) is 0 Å². The molecule has 0 unspecified atom stereocenters. The summed E-state index contributed by atoms with van der Waals surface area (Å²) >= 11 is 0. The van der Waals surface area contributed by atoms with Gasteiger partial charge in [0, 0.05) is 10.9 Å². The van der Waals surface area contributed by atoms with Crippen LogP contribution in [0.5, 0.6) is 0 Å². The molecule has 1 nitrogen and oxygen atoms in total. The molecule has 0 aliphatic rings. The lowest BCUT2D eigenvalue weighted by Crippen LogP contribution is -2.29. The van der Waals surface area contributed by atoms with Crippen LogP contribution >= 0.6 is 15.8 Å². The highest BCUT2D eigenvalue weighted by atomic mass is 31.1. The van der Waals surface area contributed by atoms with Crippen LogP contribution in [0.15, 0.2) is 188 Å². The van der Waals surface area contributed by atoms with Gasteiger partial charge in [0.15, 0.2) is 5.78 Å². The zero-order valence-electron chi connectivity index (χ0n) is 27.2. The number of fused-ring (bicyclic) bond motifs is 2. The second-order valence-corrected chi connectivity index (χ2v) is 16.5. The third kappa shape index (κ3) is 5.91. The van der Waals surface area contributed by atoms with Gasteiger partial charge in [-0.3, -0.25) is 4.79 Å². The van der Waals surface area contributed by atoms with E-state index in [1.165, 1.54) is 42.9 Å². The number of carbonyl (C=O) groups excluding carboxylic acids is 1. The molecule has 8 aromatic rings. The molecule has 0 N–H and O–H groups in total. The molecule has 8 aromatic carbocycles. The lowest BCUT2D eigenvalue weighted by Gasteiger charge is -2.30. The van der Waals surface area contributed by atoms with Crippen LogP contribution in [0.3, 0.4) is 0 Å². The Kier molecular flexibility index (Phi) is 8.72. The first-order chi connectivity index (χ1) is 24.2. The highest BCUT2D eigenvalue weighted by Crippen LogP contribution is 2.46.